The summed E-state index contributed by atoms with van der Waals surface area (Å²) in [5.74, 6) is 1.85. The van der Waals surface area contributed by atoms with E-state index in [0.717, 1.165) is 11.8 Å². The molecule has 1 heterocycles. The molecule has 0 amide bonds. The van der Waals surface area contributed by atoms with Gasteiger partial charge >= 0.3 is 0 Å². The van der Waals surface area contributed by atoms with Gasteiger partial charge in [0.2, 0.25) is 0 Å². The van der Waals surface area contributed by atoms with E-state index in [2.05, 4.69) is 24.0 Å². The van der Waals surface area contributed by atoms with E-state index in [4.69, 9.17) is 0 Å². The van der Waals surface area contributed by atoms with Crippen LogP contribution in [-0.2, 0) is 0 Å². The molecule has 1 saturated heterocycles. The maximum Gasteiger partial charge on any atom is 0.00444 e. The number of piperidine rings is 1. The first-order chi connectivity index (χ1) is 8.88. The number of rotatable bonds is 3. The molecule has 0 aromatic carbocycles. The topological polar surface area (TPSA) is 3.24 Å². The first-order valence-electron chi connectivity index (χ1n) is 8.23. The SMILES string of the molecule is C/C=C/C1CCCN(CC2CCCCC2)C1.CC. The van der Waals surface area contributed by atoms with Crippen molar-refractivity contribution < 1.29 is 0 Å². The Kier molecular flexibility index (Phi) is 8.41. The van der Waals surface area contributed by atoms with Gasteiger partial charge in [0.1, 0.15) is 0 Å². The van der Waals surface area contributed by atoms with Gasteiger partial charge in [-0.05, 0) is 51.0 Å². The molecule has 1 atom stereocenters. The molecule has 1 aliphatic carbocycles. The van der Waals surface area contributed by atoms with Gasteiger partial charge in [-0.15, -0.1) is 0 Å². The lowest BCUT2D eigenvalue weighted by Crippen LogP contribution is -2.38. The van der Waals surface area contributed by atoms with Crippen molar-refractivity contribution in [3.63, 3.8) is 0 Å². The van der Waals surface area contributed by atoms with Crippen LogP contribution in [0.15, 0.2) is 12.2 Å². The predicted octanol–water partition coefficient (Wildman–Crippen LogP) is 4.88. The van der Waals surface area contributed by atoms with Gasteiger partial charge in [0.25, 0.3) is 0 Å². The normalized spacial score (nSPS) is 26.9. The molecule has 2 fully saturated rings. The van der Waals surface area contributed by atoms with Crippen molar-refractivity contribution in [3.8, 4) is 0 Å². The predicted molar refractivity (Wildman–Crippen MR) is 81.9 cm³/mol. The van der Waals surface area contributed by atoms with Gasteiger partial charge in [0.15, 0.2) is 0 Å². The van der Waals surface area contributed by atoms with E-state index in [1.807, 2.05) is 13.8 Å². The fourth-order valence-corrected chi connectivity index (χ4v) is 3.42. The van der Waals surface area contributed by atoms with E-state index in [1.165, 1.54) is 64.6 Å². The molecule has 2 aliphatic rings. The van der Waals surface area contributed by atoms with Crippen molar-refractivity contribution in [1.29, 1.82) is 0 Å². The summed E-state index contributed by atoms with van der Waals surface area (Å²) in [5, 5.41) is 0. The number of likely N-dealkylation sites (tertiary alicyclic amines) is 1. The molecule has 0 N–H and O–H groups in total. The summed E-state index contributed by atoms with van der Waals surface area (Å²) < 4.78 is 0. The van der Waals surface area contributed by atoms with Crippen molar-refractivity contribution in [1.82, 2.24) is 4.90 Å². The molecule has 0 aromatic heterocycles. The minimum atomic E-state index is 0.836. The molecule has 18 heavy (non-hydrogen) atoms. The lowest BCUT2D eigenvalue weighted by Gasteiger charge is -2.35. The van der Waals surface area contributed by atoms with Gasteiger partial charge in [-0.25, -0.2) is 0 Å². The lowest BCUT2D eigenvalue weighted by molar-refractivity contribution is 0.153. The Hall–Kier alpha value is -0.300. The van der Waals surface area contributed by atoms with Crippen molar-refractivity contribution in [2.75, 3.05) is 19.6 Å². The molecule has 1 unspecified atom stereocenters. The molecule has 1 saturated carbocycles. The minimum Gasteiger partial charge on any atom is -0.302 e. The highest BCUT2D eigenvalue weighted by atomic mass is 15.1. The second-order valence-electron chi connectivity index (χ2n) is 5.69. The van der Waals surface area contributed by atoms with Gasteiger partial charge in [0.05, 0.1) is 0 Å². The molecule has 106 valence electrons. The molecule has 2 rings (SSSR count). The van der Waals surface area contributed by atoms with Crippen molar-refractivity contribution in [2.45, 2.75) is 65.7 Å². The number of hydrogen-bond acceptors (Lipinski definition) is 1. The van der Waals surface area contributed by atoms with Gasteiger partial charge in [-0.2, -0.15) is 0 Å². The average molecular weight is 251 g/mol. The zero-order valence-corrected chi connectivity index (χ0v) is 12.8. The number of nitrogens with zero attached hydrogens (tertiary/aromatic N) is 1. The van der Waals surface area contributed by atoms with Crippen LogP contribution in [0.25, 0.3) is 0 Å². The van der Waals surface area contributed by atoms with E-state index in [9.17, 15) is 0 Å². The summed E-state index contributed by atoms with van der Waals surface area (Å²) >= 11 is 0. The number of allylic oxidation sites excluding steroid dienone is 1. The van der Waals surface area contributed by atoms with E-state index in [0.29, 0.717) is 0 Å². The van der Waals surface area contributed by atoms with Crippen LogP contribution >= 0.6 is 0 Å². The summed E-state index contributed by atoms with van der Waals surface area (Å²) in [6.07, 6.45) is 14.9. The Bertz CT molecular complexity index is 216. The third kappa shape index (κ3) is 5.56. The van der Waals surface area contributed by atoms with E-state index < -0.39 is 0 Å². The summed E-state index contributed by atoms with van der Waals surface area (Å²) in [7, 11) is 0. The third-order valence-corrected chi connectivity index (χ3v) is 4.25. The highest BCUT2D eigenvalue weighted by molar-refractivity contribution is 4.90. The molecule has 0 aromatic rings. The van der Waals surface area contributed by atoms with Gasteiger partial charge in [0, 0.05) is 13.1 Å². The standard InChI is InChI=1S/C15H27N.C2H6/c1-2-7-14-10-6-11-16(12-14)13-15-8-4-3-5-9-15;1-2/h2,7,14-15H,3-6,8-13H2,1H3;1-2H3/b7-2+;. The Morgan fingerprint density at radius 2 is 1.72 bits per heavy atom. The van der Waals surface area contributed by atoms with E-state index >= 15 is 0 Å². The van der Waals surface area contributed by atoms with Crippen LogP contribution < -0.4 is 0 Å². The first-order valence-corrected chi connectivity index (χ1v) is 8.23. The van der Waals surface area contributed by atoms with Gasteiger partial charge in [-0.1, -0.05) is 45.3 Å². The second kappa shape index (κ2) is 9.61. The van der Waals surface area contributed by atoms with E-state index in [-0.39, 0.29) is 0 Å². The molecule has 0 radical (unpaired) electrons. The first kappa shape index (κ1) is 15.8. The quantitative estimate of drug-likeness (QED) is 0.646. The van der Waals surface area contributed by atoms with Crippen molar-refractivity contribution in [3.05, 3.63) is 12.2 Å². The average Bonchev–Trinajstić information content (AvgIpc) is 2.43. The van der Waals surface area contributed by atoms with Crippen LogP contribution in [0, 0.1) is 11.8 Å². The molecule has 1 heteroatoms. The zero-order chi connectivity index (χ0) is 13.2. The largest absolute Gasteiger partial charge is 0.302 e. The smallest absolute Gasteiger partial charge is 0.00444 e. The maximum atomic E-state index is 2.73. The fraction of sp³-hybridized carbons (Fsp3) is 0.882. The Morgan fingerprint density at radius 1 is 1.00 bits per heavy atom. The third-order valence-electron chi connectivity index (χ3n) is 4.25. The van der Waals surface area contributed by atoms with Crippen LogP contribution in [0.1, 0.15) is 65.7 Å². The summed E-state index contributed by atoms with van der Waals surface area (Å²) in [6.45, 7) is 10.2. The van der Waals surface area contributed by atoms with Crippen LogP contribution in [0.3, 0.4) is 0 Å². The summed E-state index contributed by atoms with van der Waals surface area (Å²) in [6, 6.07) is 0. The van der Waals surface area contributed by atoms with Crippen LogP contribution in [0.4, 0.5) is 0 Å². The lowest BCUT2D eigenvalue weighted by atomic mass is 9.88. The zero-order valence-electron chi connectivity index (χ0n) is 12.8. The molecule has 1 nitrogen and oxygen atoms in total. The molecule has 0 spiro atoms. The molecular weight excluding hydrogens is 218 g/mol. The minimum absolute atomic E-state index is 0.836. The molecule has 0 bridgehead atoms. The summed E-state index contributed by atoms with van der Waals surface area (Å²) in [5.41, 5.74) is 0. The highest BCUT2D eigenvalue weighted by Gasteiger charge is 2.21. The molecular formula is C17H33N. The van der Waals surface area contributed by atoms with Crippen LogP contribution in [0.5, 0.6) is 0 Å². The van der Waals surface area contributed by atoms with Crippen LogP contribution in [0.2, 0.25) is 0 Å². The maximum absolute atomic E-state index is 2.73. The molecule has 1 aliphatic heterocycles. The second-order valence-corrected chi connectivity index (χ2v) is 5.69. The Labute approximate surface area is 115 Å². The number of hydrogen-bond donors (Lipinski definition) is 0. The summed E-state index contributed by atoms with van der Waals surface area (Å²) in [4.78, 5) is 2.73. The Balaban J connectivity index is 0.000000771. The van der Waals surface area contributed by atoms with Gasteiger partial charge in [-0.3, -0.25) is 0 Å². The fourth-order valence-electron chi connectivity index (χ4n) is 3.42. The van der Waals surface area contributed by atoms with Crippen molar-refractivity contribution >= 4 is 0 Å². The van der Waals surface area contributed by atoms with Crippen LogP contribution in [-0.4, -0.2) is 24.5 Å². The van der Waals surface area contributed by atoms with Gasteiger partial charge < -0.3 is 4.90 Å². The van der Waals surface area contributed by atoms with E-state index in [1.54, 1.807) is 0 Å². The van der Waals surface area contributed by atoms with Crippen molar-refractivity contribution in [2.24, 2.45) is 11.8 Å². The highest BCUT2D eigenvalue weighted by Crippen LogP contribution is 2.26. The monoisotopic (exact) mass is 251 g/mol. The Morgan fingerprint density at radius 3 is 2.39 bits per heavy atom.